The Morgan fingerprint density at radius 3 is 2.21 bits per heavy atom. The maximum absolute atomic E-state index is 6.09. The van der Waals surface area contributed by atoms with Crippen LogP contribution in [-0.2, 0) is 6.54 Å². The Kier molecular flexibility index (Phi) is 5.75. The predicted octanol–water partition coefficient (Wildman–Crippen LogP) is 6.46. The van der Waals surface area contributed by atoms with Crippen LogP contribution in [0.5, 0.6) is 0 Å². The van der Waals surface area contributed by atoms with E-state index in [1.54, 1.807) is 11.8 Å². The fraction of sp³-hybridized carbons (Fsp3) is 0.0833. The van der Waals surface area contributed by atoms with Crippen molar-refractivity contribution >= 4 is 34.6 Å². The van der Waals surface area contributed by atoms with Gasteiger partial charge < -0.3 is 0 Å². The van der Waals surface area contributed by atoms with E-state index < -0.39 is 0 Å². The highest BCUT2D eigenvalue weighted by molar-refractivity contribution is 7.98. The van der Waals surface area contributed by atoms with Crippen molar-refractivity contribution in [3.8, 4) is 0 Å². The van der Waals surface area contributed by atoms with Gasteiger partial charge in [0.15, 0.2) is 0 Å². The zero-order chi connectivity index (χ0) is 19.3. The van der Waals surface area contributed by atoms with Crippen molar-refractivity contribution in [2.45, 2.75) is 11.4 Å². The lowest BCUT2D eigenvalue weighted by atomic mass is 9.98. The Morgan fingerprint density at radius 1 is 0.857 bits per heavy atom. The summed E-state index contributed by atoms with van der Waals surface area (Å²) in [5, 5.41) is 2.86. The first kappa shape index (κ1) is 18.7. The zero-order valence-electron chi connectivity index (χ0n) is 15.6. The number of hydrogen-bond acceptors (Lipinski definition) is 3. The van der Waals surface area contributed by atoms with Crippen molar-refractivity contribution in [3.05, 3.63) is 113 Å². The van der Waals surface area contributed by atoms with Crippen molar-refractivity contribution in [2.24, 2.45) is 0 Å². The monoisotopic (exact) mass is 404 g/mol. The second-order valence-electron chi connectivity index (χ2n) is 6.57. The third-order valence-corrected chi connectivity index (χ3v) is 5.67. The topological polar surface area (TPSA) is 15.3 Å². The highest BCUT2D eigenvalue weighted by atomic mass is 35.5. The van der Waals surface area contributed by atoms with Crippen LogP contribution in [0.1, 0.15) is 16.7 Å². The third-order valence-electron chi connectivity index (χ3n) is 4.68. The average molecular weight is 405 g/mol. The van der Waals surface area contributed by atoms with E-state index in [1.807, 2.05) is 18.2 Å². The quantitative estimate of drug-likeness (QED) is 0.491. The molecule has 0 aromatic heterocycles. The van der Waals surface area contributed by atoms with Gasteiger partial charge in [-0.2, -0.15) is 0 Å². The van der Waals surface area contributed by atoms with Crippen LogP contribution in [-0.4, -0.2) is 11.3 Å². The Morgan fingerprint density at radius 2 is 1.54 bits per heavy atom. The molecular formula is C24H21ClN2S. The first-order chi connectivity index (χ1) is 13.7. The molecule has 0 fully saturated rings. The lowest BCUT2D eigenvalue weighted by Gasteiger charge is -2.30. The molecule has 0 saturated heterocycles. The molecule has 1 heterocycles. The molecule has 1 aliphatic heterocycles. The molecular weight excluding hydrogens is 384 g/mol. The van der Waals surface area contributed by atoms with Crippen LogP contribution in [0.15, 0.2) is 96.0 Å². The number of nitrogens with one attached hydrogen (secondary N) is 1. The van der Waals surface area contributed by atoms with Gasteiger partial charge in [-0.3, -0.25) is 10.4 Å². The number of rotatable bonds is 5. The van der Waals surface area contributed by atoms with E-state index in [-0.39, 0.29) is 0 Å². The molecule has 3 aromatic carbocycles. The lowest BCUT2D eigenvalue weighted by Crippen LogP contribution is -2.34. The van der Waals surface area contributed by atoms with Gasteiger partial charge >= 0.3 is 0 Å². The number of benzene rings is 3. The number of nitrogens with zero attached hydrogens (tertiary/aromatic N) is 1. The van der Waals surface area contributed by atoms with Crippen molar-refractivity contribution in [1.82, 2.24) is 10.4 Å². The van der Waals surface area contributed by atoms with Crippen LogP contribution < -0.4 is 5.43 Å². The lowest BCUT2D eigenvalue weighted by molar-refractivity contribution is 0.314. The molecule has 1 N–H and O–H groups in total. The van der Waals surface area contributed by atoms with E-state index in [2.05, 4.69) is 89.6 Å². The molecule has 4 heteroatoms. The molecule has 0 atom stereocenters. The SMILES string of the molecule is CSc1ccc(C2=C(c3ccc(Cl)cc3)C=CN(Cc3ccccc3)N2)cc1. The van der Waals surface area contributed by atoms with E-state index in [1.165, 1.54) is 10.5 Å². The van der Waals surface area contributed by atoms with E-state index >= 15 is 0 Å². The number of hydrazine groups is 1. The van der Waals surface area contributed by atoms with Gasteiger partial charge in [0.25, 0.3) is 0 Å². The largest absolute Gasteiger partial charge is 0.297 e. The molecule has 0 unspecified atom stereocenters. The minimum Gasteiger partial charge on any atom is -0.297 e. The highest BCUT2D eigenvalue weighted by Crippen LogP contribution is 2.31. The molecule has 0 bridgehead atoms. The van der Waals surface area contributed by atoms with Gasteiger partial charge in [-0.25, -0.2) is 0 Å². The summed E-state index contributed by atoms with van der Waals surface area (Å²) in [6, 6.07) is 27.1. The van der Waals surface area contributed by atoms with Crippen LogP contribution in [0.2, 0.25) is 5.02 Å². The molecule has 2 nitrogen and oxygen atoms in total. The summed E-state index contributed by atoms with van der Waals surface area (Å²) in [7, 11) is 0. The van der Waals surface area contributed by atoms with Crippen molar-refractivity contribution in [3.63, 3.8) is 0 Å². The molecule has 1 aliphatic rings. The molecule has 3 aromatic rings. The summed E-state index contributed by atoms with van der Waals surface area (Å²) in [4.78, 5) is 1.25. The molecule has 0 radical (unpaired) electrons. The first-order valence-corrected chi connectivity index (χ1v) is 10.7. The number of allylic oxidation sites excluding steroid dienone is 2. The van der Waals surface area contributed by atoms with Crippen LogP contribution in [0.4, 0.5) is 0 Å². The minimum atomic E-state index is 0.744. The van der Waals surface area contributed by atoms with Crippen LogP contribution in [0.25, 0.3) is 11.3 Å². The normalized spacial score (nSPS) is 13.6. The summed E-state index contributed by atoms with van der Waals surface area (Å²) < 4.78 is 0. The van der Waals surface area contributed by atoms with Crippen LogP contribution >= 0.6 is 23.4 Å². The van der Waals surface area contributed by atoms with E-state index in [4.69, 9.17) is 11.6 Å². The summed E-state index contributed by atoms with van der Waals surface area (Å²) in [6.45, 7) is 0.789. The fourth-order valence-electron chi connectivity index (χ4n) is 3.21. The summed E-state index contributed by atoms with van der Waals surface area (Å²) >= 11 is 7.84. The summed E-state index contributed by atoms with van der Waals surface area (Å²) in [5.74, 6) is 0. The highest BCUT2D eigenvalue weighted by Gasteiger charge is 2.16. The van der Waals surface area contributed by atoms with Gasteiger partial charge in [0.1, 0.15) is 0 Å². The van der Waals surface area contributed by atoms with Crippen molar-refractivity contribution < 1.29 is 0 Å². The van der Waals surface area contributed by atoms with E-state index in [9.17, 15) is 0 Å². The Labute approximate surface area is 175 Å². The average Bonchev–Trinajstić information content (AvgIpc) is 2.75. The van der Waals surface area contributed by atoms with Gasteiger partial charge in [-0.1, -0.05) is 66.2 Å². The number of thioether (sulfide) groups is 1. The van der Waals surface area contributed by atoms with Crippen LogP contribution in [0.3, 0.4) is 0 Å². The standard InChI is InChI=1S/C24H21ClN2S/c1-28-22-13-9-20(10-14-22)24-23(19-7-11-21(25)12-8-19)15-16-27(26-24)17-18-5-3-2-4-6-18/h2-16,26H,17H2,1H3. The van der Waals surface area contributed by atoms with Crippen LogP contribution in [0, 0.1) is 0 Å². The van der Waals surface area contributed by atoms with E-state index in [0.29, 0.717) is 0 Å². The molecule has 0 amide bonds. The number of hydrogen-bond donors (Lipinski definition) is 1. The molecule has 0 aliphatic carbocycles. The van der Waals surface area contributed by atoms with Gasteiger partial charge in [-0.15, -0.1) is 11.8 Å². The van der Waals surface area contributed by atoms with Crippen molar-refractivity contribution in [1.29, 1.82) is 0 Å². The summed E-state index contributed by atoms with van der Waals surface area (Å²) in [6.07, 6.45) is 6.35. The maximum atomic E-state index is 6.09. The molecule has 0 saturated carbocycles. The minimum absolute atomic E-state index is 0.744. The van der Waals surface area contributed by atoms with Gasteiger partial charge in [0.05, 0.1) is 12.2 Å². The Bertz CT molecular complexity index is 993. The van der Waals surface area contributed by atoms with Crippen molar-refractivity contribution in [2.75, 3.05) is 6.26 Å². The molecule has 28 heavy (non-hydrogen) atoms. The Hall–Kier alpha value is -2.62. The molecule has 140 valence electrons. The second-order valence-corrected chi connectivity index (χ2v) is 7.88. The smallest absolute Gasteiger partial charge is 0.0693 e. The predicted molar refractivity (Wildman–Crippen MR) is 121 cm³/mol. The molecule has 4 rings (SSSR count). The zero-order valence-corrected chi connectivity index (χ0v) is 17.2. The van der Waals surface area contributed by atoms with E-state index in [0.717, 1.165) is 34.0 Å². The third kappa shape index (κ3) is 4.27. The second kappa shape index (κ2) is 8.59. The fourth-order valence-corrected chi connectivity index (χ4v) is 3.74. The van der Waals surface area contributed by atoms with Gasteiger partial charge in [0, 0.05) is 27.3 Å². The maximum Gasteiger partial charge on any atom is 0.0693 e. The summed E-state index contributed by atoms with van der Waals surface area (Å²) in [5.41, 5.74) is 9.40. The van der Waals surface area contributed by atoms with Gasteiger partial charge in [-0.05, 0) is 47.7 Å². The number of halogens is 1. The molecule has 0 spiro atoms. The van der Waals surface area contributed by atoms with Gasteiger partial charge in [0.2, 0.25) is 0 Å². The Balaban J connectivity index is 1.70. The first-order valence-electron chi connectivity index (χ1n) is 9.13.